The number of hydrogen-bond donors (Lipinski definition) is 2. The minimum atomic E-state index is -0.0991. The van der Waals surface area contributed by atoms with Gasteiger partial charge in [0, 0.05) is 5.92 Å². The van der Waals surface area contributed by atoms with Crippen molar-refractivity contribution in [2.75, 3.05) is 0 Å². The van der Waals surface area contributed by atoms with E-state index in [4.69, 9.17) is 0 Å². The van der Waals surface area contributed by atoms with Gasteiger partial charge in [0.25, 0.3) is 0 Å². The number of rotatable bonds is 3. The van der Waals surface area contributed by atoms with Gasteiger partial charge >= 0.3 is 0 Å². The van der Waals surface area contributed by atoms with Crippen LogP contribution in [0.25, 0.3) is 0 Å². The van der Waals surface area contributed by atoms with Crippen LogP contribution in [0.2, 0.25) is 0 Å². The molecule has 1 unspecified atom stereocenters. The number of benzene rings is 2. The molecule has 2 N–H and O–H groups in total. The summed E-state index contributed by atoms with van der Waals surface area (Å²) >= 11 is 0. The van der Waals surface area contributed by atoms with Crippen molar-refractivity contribution in [3.63, 3.8) is 0 Å². The first-order valence-electron chi connectivity index (χ1n) is 7.87. The lowest BCUT2D eigenvalue weighted by atomic mass is 9.80. The van der Waals surface area contributed by atoms with Crippen LogP contribution in [0.1, 0.15) is 62.3 Å². The highest BCUT2D eigenvalue weighted by molar-refractivity contribution is 5.49. The Morgan fingerprint density at radius 3 is 2.05 bits per heavy atom. The van der Waals surface area contributed by atoms with E-state index in [1.165, 1.54) is 11.1 Å². The van der Waals surface area contributed by atoms with Crippen molar-refractivity contribution < 1.29 is 10.2 Å². The largest absolute Gasteiger partial charge is 0.508 e. The average molecular weight is 298 g/mol. The molecule has 0 aliphatic rings. The Hall–Kier alpha value is -1.96. The molecule has 2 rings (SSSR count). The van der Waals surface area contributed by atoms with Gasteiger partial charge < -0.3 is 10.2 Å². The van der Waals surface area contributed by atoms with Crippen LogP contribution in [0.5, 0.6) is 11.5 Å². The van der Waals surface area contributed by atoms with E-state index in [0.717, 1.165) is 17.5 Å². The van der Waals surface area contributed by atoms with Crippen molar-refractivity contribution in [1.29, 1.82) is 0 Å². The summed E-state index contributed by atoms with van der Waals surface area (Å²) in [6.45, 7) is 10.5. The van der Waals surface area contributed by atoms with E-state index in [1.54, 1.807) is 12.1 Å². The molecule has 0 aliphatic carbocycles. The molecule has 0 bridgehead atoms. The Bertz CT molecular complexity index is 649. The fourth-order valence-electron chi connectivity index (χ4n) is 2.95. The van der Waals surface area contributed by atoms with E-state index < -0.39 is 0 Å². The topological polar surface area (TPSA) is 40.5 Å². The summed E-state index contributed by atoms with van der Waals surface area (Å²) in [7, 11) is 0. The molecule has 0 saturated carbocycles. The molecule has 0 saturated heterocycles. The molecule has 0 spiro atoms. The number of hydrogen-bond acceptors (Lipinski definition) is 2. The second kappa shape index (κ2) is 6.04. The Kier molecular flexibility index (Phi) is 4.50. The lowest BCUT2D eigenvalue weighted by Crippen LogP contribution is -2.13. The highest BCUT2D eigenvalue weighted by atomic mass is 16.3. The first kappa shape index (κ1) is 16.4. The molecule has 0 aromatic heterocycles. The normalized spacial score (nSPS) is 13.1. The van der Waals surface area contributed by atoms with Crippen LogP contribution < -0.4 is 0 Å². The number of aromatic hydroxyl groups is 2. The average Bonchev–Trinajstić information content (AvgIpc) is 2.44. The van der Waals surface area contributed by atoms with Crippen LogP contribution in [0, 0.1) is 6.92 Å². The van der Waals surface area contributed by atoms with Crippen molar-refractivity contribution >= 4 is 0 Å². The summed E-state index contributed by atoms with van der Waals surface area (Å²) in [5.41, 5.74) is 4.20. The van der Waals surface area contributed by atoms with E-state index in [9.17, 15) is 10.2 Å². The van der Waals surface area contributed by atoms with E-state index in [0.29, 0.717) is 5.75 Å². The fraction of sp³-hybridized carbons (Fsp3) is 0.400. The zero-order valence-corrected chi connectivity index (χ0v) is 14.1. The molecular formula is C20H26O2. The molecule has 118 valence electrons. The van der Waals surface area contributed by atoms with Crippen LogP contribution >= 0.6 is 0 Å². The van der Waals surface area contributed by atoms with Crippen molar-refractivity contribution in [2.24, 2.45) is 0 Å². The molecule has 0 amide bonds. The van der Waals surface area contributed by atoms with E-state index in [2.05, 4.69) is 39.8 Å². The molecular weight excluding hydrogens is 272 g/mol. The maximum absolute atomic E-state index is 10.4. The third-order valence-electron chi connectivity index (χ3n) is 4.24. The van der Waals surface area contributed by atoms with Crippen molar-refractivity contribution in [3.8, 4) is 11.5 Å². The number of phenolic OH excluding ortho intramolecular Hbond substituents is 2. The van der Waals surface area contributed by atoms with Crippen LogP contribution in [0.4, 0.5) is 0 Å². The van der Waals surface area contributed by atoms with Crippen molar-refractivity contribution in [3.05, 3.63) is 58.7 Å². The monoisotopic (exact) mass is 298 g/mol. The van der Waals surface area contributed by atoms with Crippen LogP contribution in [0.3, 0.4) is 0 Å². The van der Waals surface area contributed by atoms with Gasteiger partial charge in [-0.2, -0.15) is 0 Å². The summed E-state index contributed by atoms with van der Waals surface area (Å²) in [6.07, 6.45) is 0.971. The lowest BCUT2D eigenvalue weighted by molar-refractivity contribution is 0.442. The minimum absolute atomic E-state index is 0.0991. The van der Waals surface area contributed by atoms with Gasteiger partial charge in [0.2, 0.25) is 0 Å². The molecule has 0 radical (unpaired) electrons. The first-order valence-corrected chi connectivity index (χ1v) is 7.87. The Morgan fingerprint density at radius 1 is 0.955 bits per heavy atom. The maximum Gasteiger partial charge on any atom is 0.122 e. The zero-order valence-electron chi connectivity index (χ0n) is 14.1. The van der Waals surface area contributed by atoms with Gasteiger partial charge in [0.05, 0.1) is 0 Å². The maximum atomic E-state index is 10.4. The Labute approximate surface area is 133 Å². The predicted octanol–water partition coefficient (Wildman–Crippen LogP) is 5.25. The van der Waals surface area contributed by atoms with Gasteiger partial charge in [-0.25, -0.2) is 0 Å². The molecule has 2 nitrogen and oxygen atoms in total. The summed E-state index contributed by atoms with van der Waals surface area (Å²) in [5, 5.41) is 19.9. The van der Waals surface area contributed by atoms with Gasteiger partial charge in [0.1, 0.15) is 11.5 Å². The summed E-state index contributed by atoms with van der Waals surface area (Å²) < 4.78 is 0. The molecule has 2 aromatic rings. The third kappa shape index (κ3) is 3.27. The Morgan fingerprint density at radius 2 is 1.55 bits per heavy atom. The predicted molar refractivity (Wildman–Crippen MR) is 91.8 cm³/mol. The van der Waals surface area contributed by atoms with Gasteiger partial charge in [-0.15, -0.1) is 0 Å². The number of aryl methyl sites for hydroxylation is 1. The van der Waals surface area contributed by atoms with Gasteiger partial charge in [-0.3, -0.25) is 0 Å². The lowest BCUT2D eigenvalue weighted by Gasteiger charge is -2.25. The second-order valence-electron chi connectivity index (χ2n) is 7.04. The van der Waals surface area contributed by atoms with Crippen molar-refractivity contribution in [1.82, 2.24) is 0 Å². The standard InChI is InChI=1S/C20H26O2/c1-6-17(14-7-9-16(21)10-8-14)15-11-13(2)19(22)18(12-15)20(3,4)5/h7-12,17,21-22H,6H2,1-5H3. The summed E-state index contributed by atoms with van der Waals surface area (Å²) in [6, 6.07) is 11.6. The summed E-state index contributed by atoms with van der Waals surface area (Å²) in [4.78, 5) is 0. The highest BCUT2D eigenvalue weighted by Crippen LogP contribution is 2.38. The molecule has 0 fully saturated rings. The first-order chi connectivity index (χ1) is 10.2. The van der Waals surface area contributed by atoms with Crippen LogP contribution in [-0.4, -0.2) is 10.2 Å². The smallest absolute Gasteiger partial charge is 0.122 e. The summed E-state index contributed by atoms with van der Waals surface area (Å²) in [5.74, 6) is 0.952. The Balaban J connectivity index is 2.54. The van der Waals surface area contributed by atoms with Gasteiger partial charge in [0.15, 0.2) is 0 Å². The van der Waals surface area contributed by atoms with E-state index in [1.807, 2.05) is 19.1 Å². The third-order valence-corrected chi connectivity index (χ3v) is 4.24. The second-order valence-corrected chi connectivity index (χ2v) is 7.04. The molecule has 0 aliphatic heterocycles. The number of phenols is 2. The minimum Gasteiger partial charge on any atom is -0.508 e. The molecule has 2 heteroatoms. The molecule has 0 heterocycles. The molecule has 2 aromatic carbocycles. The molecule has 1 atom stereocenters. The van der Waals surface area contributed by atoms with E-state index in [-0.39, 0.29) is 17.1 Å². The van der Waals surface area contributed by atoms with Crippen molar-refractivity contribution in [2.45, 2.75) is 52.4 Å². The SMILES string of the molecule is CCC(c1ccc(O)cc1)c1cc(C)c(O)c(C(C)(C)C)c1. The van der Waals surface area contributed by atoms with Gasteiger partial charge in [-0.05, 0) is 53.1 Å². The van der Waals surface area contributed by atoms with Gasteiger partial charge in [-0.1, -0.05) is 52.0 Å². The molecule has 22 heavy (non-hydrogen) atoms. The quantitative estimate of drug-likeness (QED) is 0.813. The van der Waals surface area contributed by atoms with Crippen LogP contribution in [-0.2, 0) is 5.41 Å². The van der Waals surface area contributed by atoms with Crippen LogP contribution in [0.15, 0.2) is 36.4 Å². The fourth-order valence-corrected chi connectivity index (χ4v) is 2.95. The zero-order chi connectivity index (χ0) is 16.5. The van der Waals surface area contributed by atoms with E-state index >= 15 is 0 Å². The highest BCUT2D eigenvalue weighted by Gasteiger charge is 2.22.